The van der Waals surface area contributed by atoms with Crippen molar-refractivity contribution in [2.75, 3.05) is 24.7 Å². The van der Waals surface area contributed by atoms with Crippen LogP contribution in [-0.4, -0.2) is 31.4 Å². The molecule has 0 N–H and O–H groups in total. The van der Waals surface area contributed by atoms with E-state index in [4.69, 9.17) is 9.57 Å². The summed E-state index contributed by atoms with van der Waals surface area (Å²) in [6, 6.07) is 5.74. The largest absolute Gasteiger partial charge is 0.482 e. The van der Waals surface area contributed by atoms with E-state index in [2.05, 4.69) is 12.1 Å². The molecule has 1 heterocycles. The Morgan fingerprint density at radius 3 is 2.95 bits per heavy atom. The van der Waals surface area contributed by atoms with Crippen LogP contribution in [0.5, 0.6) is 5.75 Å². The number of fused-ring (bicyclic) bond motifs is 1. The third kappa shape index (κ3) is 3.54. The zero-order valence-corrected chi connectivity index (χ0v) is 12.9. The number of carbonyl (C=O) groups is 1. The number of likely N-dealkylation sites (N-methyl/N-ethyl adjacent to an activating group) is 1. The van der Waals surface area contributed by atoms with E-state index in [0.717, 1.165) is 35.6 Å². The summed E-state index contributed by atoms with van der Waals surface area (Å²) < 4.78 is 5.45. The molecule has 114 valence electrons. The van der Waals surface area contributed by atoms with Gasteiger partial charge in [-0.05, 0) is 38.5 Å². The first-order valence-corrected chi connectivity index (χ1v) is 7.41. The van der Waals surface area contributed by atoms with Crippen molar-refractivity contribution < 1.29 is 14.4 Å². The van der Waals surface area contributed by atoms with Crippen LogP contribution in [0.3, 0.4) is 0 Å². The fraction of sp³-hybridized carbons (Fsp3) is 0.500. The standard InChI is InChI=1S/C16H22N2O3/c1-4-6-9-21-17-12(3)13-7-8-15-14(10-13)18(5-2)16(19)11-20-15/h7-8,10H,4-6,9,11H2,1-3H3/b17-12-. The Bertz CT molecular complexity index is 540. The highest BCUT2D eigenvalue weighted by atomic mass is 16.6. The molecular weight excluding hydrogens is 268 g/mol. The maximum absolute atomic E-state index is 11.9. The smallest absolute Gasteiger partial charge is 0.265 e. The van der Waals surface area contributed by atoms with Gasteiger partial charge in [0.15, 0.2) is 6.61 Å². The predicted molar refractivity (Wildman–Crippen MR) is 83.0 cm³/mol. The second-order valence-electron chi connectivity index (χ2n) is 4.97. The Kier molecular flexibility index (Phi) is 5.20. The quantitative estimate of drug-likeness (QED) is 0.460. The van der Waals surface area contributed by atoms with Crippen LogP contribution >= 0.6 is 0 Å². The number of anilines is 1. The average molecular weight is 290 g/mol. The molecule has 0 spiro atoms. The molecule has 0 atom stereocenters. The number of oxime groups is 1. The number of hydrogen-bond donors (Lipinski definition) is 0. The SMILES string of the molecule is CCCCO/N=C(/C)c1ccc2c(c1)N(CC)C(=O)CO2. The average Bonchev–Trinajstić information content (AvgIpc) is 2.50. The van der Waals surface area contributed by atoms with Crippen LogP contribution in [0.25, 0.3) is 0 Å². The topological polar surface area (TPSA) is 51.1 Å². The molecule has 1 aliphatic rings. The Labute approximate surface area is 125 Å². The highest BCUT2D eigenvalue weighted by Crippen LogP contribution is 2.32. The minimum absolute atomic E-state index is 0.0177. The molecule has 0 saturated carbocycles. The predicted octanol–water partition coefficient (Wildman–Crippen LogP) is 2.97. The molecule has 0 fully saturated rings. The summed E-state index contributed by atoms with van der Waals surface area (Å²) in [7, 11) is 0. The molecule has 5 nitrogen and oxygen atoms in total. The van der Waals surface area contributed by atoms with Gasteiger partial charge in [0.05, 0.1) is 11.4 Å². The lowest BCUT2D eigenvalue weighted by Gasteiger charge is -2.28. The van der Waals surface area contributed by atoms with Crippen LogP contribution in [0.1, 0.15) is 39.2 Å². The van der Waals surface area contributed by atoms with Gasteiger partial charge in [0.25, 0.3) is 5.91 Å². The van der Waals surface area contributed by atoms with Crippen LogP contribution in [0, 0.1) is 0 Å². The molecule has 1 aliphatic heterocycles. The molecular formula is C16H22N2O3. The maximum atomic E-state index is 11.9. The number of hydrogen-bond acceptors (Lipinski definition) is 4. The molecule has 1 aromatic rings. The first-order valence-electron chi connectivity index (χ1n) is 7.41. The lowest BCUT2D eigenvalue weighted by Crippen LogP contribution is -2.38. The molecule has 0 aliphatic carbocycles. The van der Waals surface area contributed by atoms with Crippen molar-refractivity contribution in [1.29, 1.82) is 0 Å². The van der Waals surface area contributed by atoms with Crippen LogP contribution < -0.4 is 9.64 Å². The summed E-state index contributed by atoms with van der Waals surface area (Å²) >= 11 is 0. The third-order valence-electron chi connectivity index (χ3n) is 3.43. The van der Waals surface area contributed by atoms with Gasteiger partial charge in [-0.15, -0.1) is 0 Å². The molecule has 5 heteroatoms. The number of amides is 1. The van der Waals surface area contributed by atoms with Gasteiger partial charge in [-0.25, -0.2) is 0 Å². The van der Waals surface area contributed by atoms with Crippen LogP contribution in [-0.2, 0) is 9.63 Å². The fourth-order valence-corrected chi connectivity index (χ4v) is 2.18. The van der Waals surface area contributed by atoms with Gasteiger partial charge < -0.3 is 14.5 Å². The van der Waals surface area contributed by atoms with E-state index >= 15 is 0 Å². The Morgan fingerprint density at radius 2 is 2.24 bits per heavy atom. The van der Waals surface area contributed by atoms with Crippen molar-refractivity contribution in [1.82, 2.24) is 0 Å². The van der Waals surface area contributed by atoms with E-state index in [9.17, 15) is 4.79 Å². The number of benzene rings is 1. The van der Waals surface area contributed by atoms with Crippen LogP contribution in [0.2, 0.25) is 0 Å². The molecule has 21 heavy (non-hydrogen) atoms. The Balaban J connectivity index is 2.19. The van der Waals surface area contributed by atoms with Gasteiger partial charge in [0.2, 0.25) is 0 Å². The van der Waals surface area contributed by atoms with Gasteiger partial charge >= 0.3 is 0 Å². The summed E-state index contributed by atoms with van der Waals surface area (Å²) in [5.41, 5.74) is 2.53. The maximum Gasteiger partial charge on any atom is 0.265 e. The molecule has 0 radical (unpaired) electrons. The summed E-state index contributed by atoms with van der Waals surface area (Å²) in [6.07, 6.45) is 2.07. The summed E-state index contributed by atoms with van der Waals surface area (Å²) in [6.45, 7) is 7.32. The Hall–Kier alpha value is -2.04. The van der Waals surface area contributed by atoms with Gasteiger partial charge in [0.1, 0.15) is 12.4 Å². The van der Waals surface area contributed by atoms with Crippen molar-refractivity contribution >= 4 is 17.3 Å². The molecule has 0 aromatic heterocycles. The molecule has 0 unspecified atom stereocenters. The minimum atomic E-state index is -0.0177. The molecule has 2 rings (SSSR count). The number of carbonyl (C=O) groups excluding carboxylic acids is 1. The highest BCUT2D eigenvalue weighted by molar-refractivity contribution is 6.02. The second-order valence-corrected chi connectivity index (χ2v) is 4.97. The Morgan fingerprint density at radius 1 is 1.43 bits per heavy atom. The first-order chi connectivity index (χ1) is 10.2. The van der Waals surface area contributed by atoms with E-state index in [-0.39, 0.29) is 12.5 Å². The number of nitrogens with zero attached hydrogens (tertiary/aromatic N) is 2. The zero-order chi connectivity index (χ0) is 15.2. The highest BCUT2D eigenvalue weighted by Gasteiger charge is 2.24. The van der Waals surface area contributed by atoms with E-state index in [1.54, 1.807) is 4.90 Å². The second kappa shape index (κ2) is 7.11. The molecule has 1 aromatic carbocycles. The van der Waals surface area contributed by atoms with Crippen molar-refractivity contribution in [2.24, 2.45) is 5.16 Å². The van der Waals surface area contributed by atoms with Crippen LogP contribution in [0.15, 0.2) is 23.4 Å². The van der Waals surface area contributed by atoms with Crippen molar-refractivity contribution in [3.8, 4) is 5.75 Å². The molecule has 0 bridgehead atoms. The minimum Gasteiger partial charge on any atom is -0.482 e. The lowest BCUT2D eigenvalue weighted by atomic mass is 10.1. The van der Waals surface area contributed by atoms with Gasteiger partial charge in [0, 0.05) is 12.1 Å². The van der Waals surface area contributed by atoms with Gasteiger partial charge in [-0.2, -0.15) is 0 Å². The van der Waals surface area contributed by atoms with Gasteiger partial charge in [-0.1, -0.05) is 18.5 Å². The fourth-order valence-electron chi connectivity index (χ4n) is 2.18. The summed E-state index contributed by atoms with van der Waals surface area (Å²) in [5.74, 6) is 0.718. The van der Waals surface area contributed by atoms with Crippen molar-refractivity contribution in [2.45, 2.75) is 33.6 Å². The molecule has 0 saturated heterocycles. The summed E-state index contributed by atoms with van der Waals surface area (Å²) in [5, 5.41) is 4.12. The van der Waals surface area contributed by atoms with Crippen LogP contribution in [0.4, 0.5) is 5.69 Å². The number of rotatable bonds is 6. The van der Waals surface area contributed by atoms with E-state index in [1.165, 1.54) is 0 Å². The number of unbranched alkanes of at least 4 members (excludes halogenated alkanes) is 1. The zero-order valence-electron chi connectivity index (χ0n) is 12.9. The third-order valence-corrected chi connectivity index (χ3v) is 3.43. The van der Waals surface area contributed by atoms with E-state index < -0.39 is 0 Å². The van der Waals surface area contributed by atoms with Gasteiger partial charge in [-0.3, -0.25) is 4.79 Å². The molecule has 1 amide bonds. The monoisotopic (exact) mass is 290 g/mol. The van der Waals surface area contributed by atoms with Crippen molar-refractivity contribution in [3.05, 3.63) is 23.8 Å². The van der Waals surface area contributed by atoms with Crippen molar-refractivity contribution in [3.63, 3.8) is 0 Å². The first kappa shape index (κ1) is 15.4. The van der Waals surface area contributed by atoms with E-state index in [0.29, 0.717) is 13.2 Å². The summed E-state index contributed by atoms with van der Waals surface area (Å²) in [4.78, 5) is 18.9. The lowest BCUT2D eigenvalue weighted by molar-refractivity contribution is -0.121. The normalized spacial score (nSPS) is 14.7. The number of ether oxygens (including phenoxy) is 1. The van der Waals surface area contributed by atoms with E-state index in [1.807, 2.05) is 32.0 Å².